The third kappa shape index (κ3) is 5.82. The number of ether oxygens (including phenoxy) is 1. The largest absolute Gasteiger partial charge is 0.463 e. The Morgan fingerprint density at radius 3 is 2.44 bits per heavy atom. The van der Waals surface area contributed by atoms with Gasteiger partial charge in [-0.3, -0.25) is 14.9 Å². The third-order valence-electron chi connectivity index (χ3n) is 4.96. The molecule has 2 aromatic heterocycles. The van der Waals surface area contributed by atoms with Crippen LogP contribution >= 0.6 is 22.9 Å². The van der Waals surface area contributed by atoms with Gasteiger partial charge >= 0.3 is 5.97 Å². The number of halogens is 1. The van der Waals surface area contributed by atoms with Crippen LogP contribution in [-0.2, 0) is 9.53 Å². The van der Waals surface area contributed by atoms with E-state index in [1.54, 1.807) is 25.2 Å². The highest BCUT2D eigenvalue weighted by molar-refractivity contribution is 7.12. The molecule has 0 saturated carbocycles. The summed E-state index contributed by atoms with van der Waals surface area (Å²) in [6.07, 6.45) is -0.794. The fraction of sp³-hybridized carbons (Fsp3) is 0.391. The van der Waals surface area contributed by atoms with E-state index in [1.807, 2.05) is 24.3 Å². The zero-order valence-corrected chi connectivity index (χ0v) is 20.3. The highest BCUT2D eigenvalue weighted by atomic mass is 35.5. The normalized spacial score (nSPS) is 13.8. The third-order valence-corrected chi connectivity index (χ3v) is 6.33. The molecular weight excluding hydrogens is 448 g/mol. The SMILES string of the molecule is Cc1nc([C@@H](CC(=O)OCC(C)O)N=C(c2ccc(Cl)cc2)c2c(C)sc(C)c2C)n[nH]1. The molecule has 1 aromatic carbocycles. The minimum Gasteiger partial charge on any atom is -0.463 e. The molecule has 3 aromatic rings. The van der Waals surface area contributed by atoms with E-state index in [-0.39, 0.29) is 13.0 Å². The minimum absolute atomic E-state index is 0.0533. The molecular formula is C23H27ClN4O3S. The molecule has 32 heavy (non-hydrogen) atoms. The summed E-state index contributed by atoms with van der Waals surface area (Å²) in [5, 5.41) is 17.1. The summed E-state index contributed by atoms with van der Waals surface area (Å²) in [6.45, 7) is 9.49. The van der Waals surface area contributed by atoms with Gasteiger partial charge in [0.15, 0.2) is 5.82 Å². The predicted octanol–water partition coefficient (Wildman–Crippen LogP) is 4.65. The molecule has 0 aliphatic rings. The molecule has 3 rings (SSSR count). The number of H-pyrrole nitrogens is 1. The van der Waals surface area contributed by atoms with E-state index in [4.69, 9.17) is 21.3 Å². The molecule has 0 aliphatic carbocycles. The number of aliphatic hydroxyl groups excluding tert-OH is 1. The lowest BCUT2D eigenvalue weighted by Gasteiger charge is -2.15. The molecule has 2 atom stereocenters. The number of esters is 1. The molecule has 0 amide bonds. The van der Waals surface area contributed by atoms with Crippen LogP contribution in [0.2, 0.25) is 5.02 Å². The van der Waals surface area contributed by atoms with Crippen molar-refractivity contribution in [3.63, 3.8) is 0 Å². The molecule has 0 saturated heterocycles. The number of aliphatic hydroxyl groups is 1. The second-order valence-electron chi connectivity index (χ2n) is 7.73. The van der Waals surface area contributed by atoms with Crippen molar-refractivity contribution in [2.75, 3.05) is 6.61 Å². The number of nitrogens with one attached hydrogen (secondary N) is 1. The van der Waals surface area contributed by atoms with Crippen LogP contribution in [0.3, 0.4) is 0 Å². The van der Waals surface area contributed by atoms with Gasteiger partial charge in [-0.2, -0.15) is 5.10 Å². The molecule has 170 valence electrons. The van der Waals surface area contributed by atoms with Gasteiger partial charge in [-0.1, -0.05) is 23.7 Å². The van der Waals surface area contributed by atoms with Gasteiger partial charge in [-0.05, 0) is 52.3 Å². The predicted molar refractivity (Wildman–Crippen MR) is 127 cm³/mol. The van der Waals surface area contributed by atoms with Crippen molar-refractivity contribution in [3.8, 4) is 0 Å². The maximum Gasteiger partial charge on any atom is 0.308 e. The fourth-order valence-corrected chi connectivity index (χ4v) is 4.51. The van der Waals surface area contributed by atoms with Crippen molar-refractivity contribution >= 4 is 34.6 Å². The van der Waals surface area contributed by atoms with Gasteiger partial charge in [-0.25, -0.2) is 4.98 Å². The van der Waals surface area contributed by atoms with Crippen LogP contribution in [0.5, 0.6) is 0 Å². The number of rotatable bonds is 8. The van der Waals surface area contributed by atoms with E-state index < -0.39 is 18.1 Å². The Hall–Kier alpha value is -2.55. The molecule has 0 bridgehead atoms. The van der Waals surface area contributed by atoms with E-state index in [0.717, 1.165) is 27.3 Å². The van der Waals surface area contributed by atoms with E-state index in [0.29, 0.717) is 16.7 Å². The Balaban J connectivity index is 2.11. The molecule has 2 heterocycles. The smallest absolute Gasteiger partial charge is 0.308 e. The summed E-state index contributed by atoms with van der Waals surface area (Å²) in [6, 6.07) is 6.81. The zero-order chi connectivity index (χ0) is 23.4. The molecule has 7 nitrogen and oxygen atoms in total. The summed E-state index contributed by atoms with van der Waals surface area (Å²) in [5.41, 5.74) is 3.80. The number of thiophene rings is 1. The van der Waals surface area contributed by atoms with Crippen molar-refractivity contribution in [2.45, 2.75) is 53.2 Å². The molecule has 0 aliphatic heterocycles. The topological polar surface area (TPSA) is 100 Å². The highest BCUT2D eigenvalue weighted by Gasteiger charge is 2.24. The first-order valence-corrected chi connectivity index (χ1v) is 11.5. The van der Waals surface area contributed by atoms with E-state index in [2.05, 4.69) is 36.0 Å². The number of benzene rings is 1. The maximum absolute atomic E-state index is 12.5. The first-order chi connectivity index (χ1) is 15.2. The van der Waals surface area contributed by atoms with Gasteiger partial charge in [0.2, 0.25) is 0 Å². The number of nitrogens with zero attached hydrogens (tertiary/aromatic N) is 3. The summed E-state index contributed by atoms with van der Waals surface area (Å²) in [7, 11) is 0. The highest BCUT2D eigenvalue weighted by Crippen LogP contribution is 2.31. The zero-order valence-electron chi connectivity index (χ0n) is 18.8. The van der Waals surface area contributed by atoms with Gasteiger partial charge in [0.05, 0.1) is 18.2 Å². The summed E-state index contributed by atoms with van der Waals surface area (Å²) in [5.74, 6) is 0.557. The molecule has 0 spiro atoms. The fourth-order valence-electron chi connectivity index (χ4n) is 3.32. The van der Waals surface area contributed by atoms with E-state index in [9.17, 15) is 9.90 Å². The van der Waals surface area contributed by atoms with Crippen LogP contribution in [0.4, 0.5) is 0 Å². The standard InChI is InChI=1S/C23H27ClN4O3S/c1-12(29)11-31-20(30)10-19(23-25-16(5)27-28-23)26-22(17-6-8-18(24)9-7-17)21-13(2)14(3)32-15(21)4/h6-9,12,19,29H,10-11H2,1-5H3,(H,25,27,28)/t12?,19-/m1/s1. The number of carbonyl (C=O) groups is 1. The van der Waals surface area contributed by atoms with Gasteiger partial charge in [0, 0.05) is 25.9 Å². The van der Waals surface area contributed by atoms with Crippen LogP contribution in [0.1, 0.15) is 57.5 Å². The minimum atomic E-state index is -0.740. The van der Waals surface area contributed by atoms with Gasteiger partial charge in [0.25, 0.3) is 0 Å². The second kappa shape index (κ2) is 10.4. The average molecular weight is 475 g/mol. The second-order valence-corrected chi connectivity index (χ2v) is 9.60. The number of aromatic amines is 1. The average Bonchev–Trinajstić information content (AvgIpc) is 3.27. The monoisotopic (exact) mass is 474 g/mol. The number of aliphatic imine (C=N–C) groups is 1. The maximum atomic E-state index is 12.5. The van der Waals surface area contributed by atoms with Crippen molar-refractivity contribution in [2.24, 2.45) is 4.99 Å². The van der Waals surface area contributed by atoms with Gasteiger partial charge in [-0.15, -0.1) is 11.3 Å². The van der Waals surface area contributed by atoms with E-state index in [1.165, 1.54) is 4.88 Å². The molecule has 9 heteroatoms. The summed E-state index contributed by atoms with van der Waals surface area (Å²) in [4.78, 5) is 24.3. The first kappa shape index (κ1) is 24.1. The van der Waals surface area contributed by atoms with Crippen molar-refractivity contribution in [1.29, 1.82) is 0 Å². The van der Waals surface area contributed by atoms with Gasteiger partial charge in [0.1, 0.15) is 18.5 Å². The summed E-state index contributed by atoms with van der Waals surface area (Å²) >= 11 is 7.83. The molecule has 2 N–H and O–H groups in total. The Labute approximate surface area is 196 Å². The van der Waals surface area contributed by atoms with Crippen molar-refractivity contribution in [1.82, 2.24) is 15.2 Å². The van der Waals surface area contributed by atoms with Crippen LogP contribution in [0.25, 0.3) is 0 Å². The number of hydrogen-bond donors (Lipinski definition) is 2. The Bertz CT molecular complexity index is 1120. The Morgan fingerprint density at radius 1 is 1.22 bits per heavy atom. The van der Waals surface area contributed by atoms with Crippen LogP contribution in [0.15, 0.2) is 29.3 Å². The number of carbonyl (C=O) groups excluding carboxylic acids is 1. The number of aryl methyl sites for hydroxylation is 3. The lowest BCUT2D eigenvalue weighted by Crippen LogP contribution is -2.18. The van der Waals surface area contributed by atoms with Crippen molar-refractivity contribution < 1.29 is 14.6 Å². The first-order valence-electron chi connectivity index (χ1n) is 10.3. The summed E-state index contributed by atoms with van der Waals surface area (Å²) < 4.78 is 5.18. The number of hydrogen-bond acceptors (Lipinski definition) is 7. The molecule has 1 unspecified atom stereocenters. The van der Waals surface area contributed by atoms with Crippen molar-refractivity contribution in [3.05, 3.63) is 67.4 Å². The van der Waals surface area contributed by atoms with Crippen LogP contribution in [0, 0.1) is 27.7 Å². The van der Waals surface area contributed by atoms with Crippen LogP contribution < -0.4 is 0 Å². The van der Waals surface area contributed by atoms with Crippen LogP contribution in [-0.4, -0.2) is 44.7 Å². The molecule has 0 fully saturated rings. The quantitative estimate of drug-likeness (QED) is 0.365. The van der Waals surface area contributed by atoms with Gasteiger partial charge < -0.3 is 9.84 Å². The molecule has 0 radical (unpaired) electrons. The number of aromatic nitrogens is 3. The van der Waals surface area contributed by atoms with E-state index >= 15 is 0 Å². The Morgan fingerprint density at radius 2 is 1.91 bits per heavy atom. The lowest BCUT2D eigenvalue weighted by atomic mass is 9.98. The Kier molecular flexibility index (Phi) is 7.82. The lowest BCUT2D eigenvalue weighted by molar-refractivity contribution is -0.146.